The third kappa shape index (κ3) is 3.18. The number of carbonyl (C=O) groups excluding carboxylic acids is 3. The zero-order chi connectivity index (χ0) is 22.5. The van der Waals surface area contributed by atoms with Crippen molar-refractivity contribution in [3.8, 4) is 11.5 Å². The van der Waals surface area contributed by atoms with Gasteiger partial charge >= 0.3 is 6.03 Å². The lowest BCUT2D eigenvalue weighted by atomic mass is 9.87. The molecule has 8 heteroatoms. The Hall–Kier alpha value is -3.55. The summed E-state index contributed by atoms with van der Waals surface area (Å²) in [4.78, 5) is 41.8. The maximum atomic E-state index is 13.3. The topological polar surface area (TPSA) is 88.2 Å². The summed E-state index contributed by atoms with van der Waals surface area (Å²) in [6, 6.07) is 12.6. The molecule has 0 radical (unpaired) electrons. The van der Waals surface area contributed by atoms with E-state index < -0.39 is 17.5 Å². The number of ether oxygens (including phenoxy) is 2. The molecule has 0 saturated carbocycles. The van der Waals surface area contributed by atoms with Crippen molar-refractivity contribution in [2.75, 3.05) is 20.4 Å². The van der Waals surface area contributed by atoms with Crippen molar-refractivity contribution in [1.82, 2.24) is 15.1 Å². The fraction of sp³-hybridized carbons (Fsp3) is 0.375. The number of urea groups is 1. The smallest absolute Gasteiger partial charge is 0.325 e. The summed E-state index contributed by atoms with van der Waals surface area (Å²) in [5.74, 6) is 0.379. The second-order valence-corrected chi connectivity index (χ2v) is 8.63. The quantitative estimate of drug-likeness (QED) is 0.746. The van der Waals surface area contributed by atoms with E-state index in [4.69, 9.17) is 9.47 Å². The Labute approximate surface area is 186 Å². The van der Waals surface area contributed by atoms with Gasteiger partial charge in [-0.3, -0.25) is 14.5 Å². The molecule has 2 aliphatic heterocycles. The highest BCUT2D eigenvalue weighted by molar-refractivity contribution is 6.09. The Morgan fingerprint density at radius 2 is 1.97 bits per heavy atom. The largest absolute Gasteiger partial charge is 0.454 e. The van der Waals surface area contributed by atoms with Gasteiger partial charge in [0.05, 0.1) is 6.04 Å². The standard InChI is InChI=1S/C24H25N3O5/c1-24(16-10-11-19-20(12-16)32-14-31-19)22(29)27(23(30)25-24)13-21(28)26(2)18-9-5-7-15-6-3-4-8-17(15)18/h3-4,6,8,10-12,18H,5,7,9,13-14H2,1-2H3,(H,25,30)/t18-,24+/m1/s1. The molecule has 0 spiro atoms. The molecule has 2 aromatic rings. The highest BCUT2D eigenvalue weighted by Crippen LogP contribution is 2.38. The first kappa shape index (κ1) is 20.4. The SMILES string of the molecule is CN(C(=O)CN1C(=O)N[C@@](C)(c2ccc3c(c2)OCO3)C1=O)[C@@H]1CCCc2ccccc21. The summed E-state index contributed by atoms with van der Waals surface area (Å²) in [6.45, 7) is 1.45. The Balaban J connectivity index is 1.34. The molecule has 32 heavy (non-hydrogen) atoms. The van der Waals surface area contributed by atoms with Gasteiger partial charge in [0, 0.05) is 7.05 Å². The lowest BCUT2D eigenvalue weighted by molar-refractivity contribution is -0.139. The summed E-state index contributed by atoms with van der Waals surface area (Å²) in [7, 11) is 1.74. The number of amides is 4. The first-order valence-corrected chi connectivity index (χ1v) is 10.8. The monoisotopic (exact) mass is 435 g/mol. The van der Waals surface area contributed by atoms with Crippen molar-refractivity contribution in [1.29, 1.82) is 0 Å². The van der Waals surface area contributed by atoms with Crippen LogP contribution in [-0.4, -0.2) is 48.0 Å². The van der Waals surface area contributed by atoms with Gasteiger partial charge in [-0.1, -0.05) is 30.3 Å². The molecule has 1 N–H and O–H groups in total. The number of rotatable bonds is 4. The van der Waals surface area contributed by atoms with E-state index in [1.54, 1.807) is 37.1 Å². The zero-order valence-electron chi connectivity index (χ0n) is 18.1. The number of hydrogen-bond donors (Lipinski definition) is 1. The van der Waals surface area contributed by atoms with E-state index in [2.05, 4.69) is 11.4 Å². The lowest BCUT2D eigenvalue weighted by Gasteiger charge is -2.34. The van der Waals surface area contributed by atoms with Crippen molar-refractivity contribution in [3.05, 3.63) is 59.2 Å². The van der Waals surface area contributed by atoms with Crippen LogP contribution in [-0.2, 0) is 21.5 Å². The maximum absolute atomic E-state index is 13.3. The van der Waals surface area contributed by atoms with Gasteiger partial charge in [-0.2, -0.15) is 0 Å². The van der Waals surface area contributed by atoms with Gasteiger partial charge in [0.25, 0.3) is 5.91 Å². The van der Waals surface area contributed by atoms with Gasteiger partial charge < -0.3 is 19.7 Å². The zero-order valence-corrected chi connectivity index (χ0v) is 18.1. The molecule has 166 valence electrons. The average molecular weight is 435 g/mol. The first-order chi connectivity index (χ1) is 15.4. The van der Waals surface area contributed by atoms with E-state index in [0.29, 0.717) is 17.1 Å². The number of fused-ring (bicyclic) bond motifs is 2. The van der Waals surface area contributed by atoms with E-state index in [9.17, 15) is 14.4 Å². The van der Waals surface area contributed by atoms with Gasteiger partial charge in [0.1, 0.15) is 12.1 Å². The van der Waals surface area contributed by atoms with Crippen molar-refractivity contribution >= 4 is 17.8 Å². The fourth-order valence-electron chi connectivity index (χ4n) is 4.79. The van der Waals surface area contributed by atoms with Gasteiger partial charge in [-0.15, -0.1) is 0 Å². The second-order valence-electron chi connectivity index (χ2n) is 8.63. The number of nitrogens with one attached hydrogen (secondary N) is 1. The van der Waals surface area contributed by atoms with Crippen LogP contribution in [0.1, 0.15) is 42.5 Å². The van der Waals surface area contributed by atoms with E-state index in [0.717, 1.165) is 29.7 Å². The number of imide groups is 1. The van der Waals surface area contributed by atoms with Crippen molar-refractivity contribution < 1.29 is 23.9 Å². The first-order valence-electron chi connectivity index (χ1n) is 10.8. The maximum Gasteiger partial charge on any atom is 0.325 e. The van der Waals surface area contributed by atoms with Gasteiger partial charge in [0.2, 0.25) is 12.7 Å². The third-order valence-corrected chi connectivity index (χ3v) is 6.72. The van der Waals surface area contributed by atoms with Crippen LogP contribution < -0.4 is 14.8 Å². The van der Waals surface area contributed by atoms with Crippen LogP contribution >= 0.6 is 0 Å². The van der Waals surface area contributed by atoms with Crippen LogP contribution in [0.2, 0.25) is 0 Å². The van der Waals surface area contributed by atoms with Crippen LogP contribution in [0.25, 0.3) is 0 Å². The lowest BCUT2D eigenvalue weighted by Crippen LogP contribution is -2.44. The van der Waals surface area contributed by atoms with E-state index in [1.807, 2.05) is 18.2 Å². The second kappa shape index (κ2) is 7.55. The average Bonchev–Trinajstić information content (AvgIpc) is 3.36. The molecule has 0 bridgehead atoms. The van der Waals surface area contributed by atoms with Crippen LogP contribution in [0.5, 0.6) is 11.5 Å². The molecule has 2 atom stereocenters. The predicted molar refractivity (Wildman–Crippen MR) is 115 cm³/mol. The summed E-state index contributed by atoms with van der Waals surface area (Å²) >= 11 is 0. The van der Waals surface area contributed by atoms with Crippen LogP contribution in [0, 0.1) is 0 Å². The van der Waals surface area contributed by atoms with Crippen LogP contribution in [0.15, 0.2) is 42.5 Å². The van der Waals surface area contributed by atoms with Crippen molar-refractivity contribution in [3.63, 3.8) is 0 Å². The molecule has 3 aliphatic rings. The minimum Gasteiger partial charge on any atom is -0.454 e. The summed E-state index contributed by atoms with van der Waals surface area (Å²) in [5, 5.41) is 2.75. The van der Waals surface area contributed by atoms with Crippen molar-refractivity contribution in [2.45, 2.75) is 37.8 Å². The Morgan fingerprint density at radius 3 is 2.81 bits per heavy atom. The minimum atomic E-state index is -1.28. The summed E-state index contributed by atoms with van der Waals surface area (Å²) in [6.07, 6.45) is 2.84. The van der Waals surface area contributed by atoms with E-state index in [-0.39, 0.29) is 25.3 Å². The van der Waals surface area contributed by atoms with Gasteiger partial charge in [0.15, 0.2) is 11.5 Å². The predicted octanol–water partition coefficient (Wildman–Crippen LogP) is 2.72. The molecule has 2 aromatic carbocycles. The molecular formula is C24H25N3O5. The molecular weight excluding hydrogens is 410 g/mol. The van der Waals surface area contributed by atoms with Crippen LogP contribution in [0.3, 0.4) is 0 Å². The highest BCUT2D eigenvalue weighted by atomic mass is 16.7. The third-order valence-electron chi connectivity index (χ3n) is 6.72. The van der Waals surface area contributed by atoms with Crippen molar-refractivity contribution in [2.24, 2.45) is 0 Å². The molecule has 0 unspecified atom stereocenters. The van der Waals surface area contributed by atoms with E-state index in [1.165, 1.54) is 5.56 Å². The van der Waals surface area contributed by atoms with Crippen LogP contribution in [0.4, 0.5) is 4.79 Å². The molecule has 1 aliphatic carbocycles. The Bertz CT molecular complexity index is 1120. The minimum absolute atomic E-state index is 0.0616. The summed E-state index contributed by atoms with van der Waals surface area (Å²) in [5.41, 5.74) is 1.67. The Morgan fingerprint density at radius 1 is 1.19 bits per heavy atom. The fourth-order valence-corrected chi connectivity index (χ4v) is 4.79. The number of aryl methyl sites for hydroxylation is 1. The molecule has 4 amide bonds. The normalized spacial score (nSPS) is 23.7. The highest BCUT2D eigenvalue weighted by Gasteiger charge is 2.50. The number of likely N-dealkylation sites (N-methyl/N-ethyl adjacent to an activating group) is 1. The number of nitrogens with zero attached hydrogens (tertiary/aromatic N) is 2. The molecule has 0 aromatic heterocycles. The number of carbonyl (C=O) groups is 3. The number of benzene rings is 2. The molecule has 2 heterocycles. The van der Waals surface area contributed by atoms with Gasteiger partial charge in [-0.05, 0) is 55.0 Å². The molecule has 1 fully saturated rings. The van der Waals surface area contributed by atoms with E-state index >= 15 is 0 Å². The molecule has 8 nitrogen and oxygen atoms in total. The number of hydrogen-bond acceptors (Lipinski definition) is 5. The summed E-state index contributed by atoms with van der Waals surface area (Å²) < 4.78 is 10.7. The van der Waals surface area contributed by atoms with Gasteiger partial charge in [-0.25, -0.2) is 4.79 Å². The molecule has 5 rings (SSSR count). The molecule has 1 saturated heterocycles. The Kier molecular flexibility index (Phi) is 4.80.